The Kier molecular flexibility index (Phi) is 2.81. The van der Waals surface area contributed by atoms with E-state index in [2.05, 4.69) is 13.8 Å². The highest BCUT2D eigenvalue weighted by Gasteiger charge is 2.15. The standard InChI is InChI=1S/C8H11NO2S/c1-6(2)5-8-7(9(10)11)3-4-12-8/h3-4,6H,5H2,1-2H3. The van der Waals surface area contributed by atoms with E-state index in [1.807, 2.05) is 0 Å². The topological polar surface area (TPSA) is 43.1 Å². The maximum atomic E-state index is 10.5. The Labute approximate surface area is 75.2 Å². The van der Waals surface area contributed by atoms with E-state index in [1.165, 1.54) is 11.3 Å². The van der Waals surface area contributed by atoms with Gasteiger partial charge in [0, 0.05) is 6.07 Å². The molecule has 12 heavy (non-hydrogen) atoms. The lowest BCUT2D eigenvalue weighted by Gasteiger charge is -2.00. The molecule has 0 aliphatic heterocycles. The lowest BCUT2D eigenvalue weighted by Crippen LogP contribution is -1.95. The van der Waals surface area contributed by atoms with Crippen molar-refractivity contribution in [3.63, 3.8) is 0 Å². The Balaban J connectivity index is 2.84. The molecule has 0 saturated carbocycles. The molecule has 1 heterocycles. The summed E-state index contributed by atoms with van der Waals surface area (Å²) in [6.45, 7) is 4.12. The van der Waals surface area contributed by atoms with Crippen molar-refractivity contribution in [1.29, 1.82) is 0 Å². The second kappa shape index (κ2) is 3.67. The summed E-state index contributed by atoms with van der Waals surface area (Å²) in [7, 11) is 0. The van der Waals surface area contributed by atoms with Crippen molar-refractivity contribution in [1.82, 2.24) is 0 Å². The third-order valence-electron chi connectivity index (χ3n) is 1.51. The molecule has 0 aliphatic carbocycles. The Morgan fingerprint density at radius 3 is 2.83 bits per heavy atom. The Hall–Kier alpha value is -0.900. The van der Waals surface area contributed by atoms with Gasteiger partial charge in [-0.25, -0.2) is 0 Å². The van der Waals surface area contributed by atoms with E-state index in [0.717, 1.165) is 11.3 Å². The number of hydrogen-bond acceptors (Lipinski definition) is 3. The quantitative estimate of drug-likeness (QED) is 0.536. The minimum Gasteiger partial charge on any atom is -0.258 e. The number of hydrogen-bond donors (Lipinski definition) is 0. The van der Waals surface area contributed by atoms with E-state index in [1.54, 1.807) is 11.4 Å². The molecule has 0 saturated heterocycles. The maximum absolute atomic E-state index is 10.5. The molecule has 1 aromatic heterocycles. The maximum Gasteiger partial charge on any atom is 0.283 e. The highest BCUT2D eigenvalue weighted by atomic mass is 32.1. The minimum atomic E-state index is -0.311. The number of rotatable bonds is 3. The normalized spacial score (nSPS) is 10.6. The van der Waals surface area contributed by atoms with E-state index in [-0.39, 0.29) is 10.6 Å². The van der Waals surface area contributed by atoms with Gasteiger partial charge >= 0.3 is 0 Å². The van der Waals surface area contributed by atoms with Gasteiger partial charge in [0.15, 0.2) is 0 Å². The van der Waals surface area contributed by atoms with E-state index in [4.69, 9.17) is 0 Å². The van der Waals surface area contributed by atoms with Gasteiger partial charge in [0.25, 0.3) is 5.69 Å². The first-order chi connectivity index (χ1) is 5.61. The lowest BCUT2D eigenvalue weighted by molar-refractivity contribution is -0.385. The Morgan fingerprint density at radius 1 is 1.67 bits per heavy atom. The van der Waals surface area contributed by atoms with E-state index in [9.17, 15) is 10.1 Å². The fourth-order valence-corrected chi connectivity index (χ4v) is 2.07. The molecule has 0 radical (unpaired) electrons. The molecular weight excluding hydrogens is 174 g/mol. The third kappa shape index (κ3) is 2.04. The van der Waals surface area contributed by atoms with Crippen LogP contribution in [0.15, 0.2) is 11.4 Å². The van der Waals surface area contributed by atoms with Gasteiger partial charge in [0.05, 0.1) is 9.80 Å². The summed E-state index contributed by atoms with van der Waals surface area (Å²) < 4.78 is 0. The highest BCUT2D eigenvalue weighted by Crippen LogP contribution is 2.26. The van der Waals surface area contributed by atoms with Crippen LogP contribution in [-0.4, -0.2) is 4.92 Å². The summed E-state index contributed by atoms with van der Waals surface area (Å²) in [6.07, 6.45) is 0.800. The minimum absolute atomic E-state index is 0.272. The average molecular weight is 185 g/mol. The number of nitrogens with zero attached hydrogens (tertiary/aromatic N) is 1. The van der Waals surface area contributed by atoms with Crippen LogP contribution in [-0.2, 0) is 6.42 Å². The first-order valence-corrected chi connectivity index (χ1v) is 4.70. The predicted octanol–water partition coefficient (Wildman–Crippen LogP) is 2.85. The molecule has 0 spiro atoms. The fraction of sp³-hybridized carbons (Fsp3) is 0.500. The lowest BCUT2D eigenvalue weighted by atomic mass is 10.1. The van der Waals surface area contributed by atoms with Crippen molar-refractivity contribution in [2.45, 2.75) is 20.3 Å². The molecule has 4 heteroatoms. The third-order valence-corrected chi connectivity index (χ3v) is 2.44. The molecule has 0 bridgehead atoms. The van der Waals surface area contributed by atoms with Crippen molar-refractivity contribution < 1.29 is 4.92 Å². The molecule has 0 atom stereocenters. The van der Waals surface area contributed by atoms with Crippen LogP contribution in [0.25, 0.3) is 0 Å². The molecule has 1 aromatic rings. The molecule has 0 unspecified atom stereocenters. The second-order valence-corrected chi connectivity index (χ2v) is 4.08. The predicted molar refractivity (Wildman–Crippen MR) is 49.5 cm³/mol. The van der Waals surface area contributed by atoms with Crippen LogP contribution in [0.4, 0.5) is 5.69 Å². The van der Waals surface area contributed by atoms with Crippen molar-refractivity contribution in [2.75, 3.05) is 0 Å². The Morgan fingerprint density at radius 2 is 2.33 bits per heavy atom. The molecular formula is C8H11NO2S. The fourth-order valence-electron chi connectivity index (χ4n) is 1.02. The average Bonchev–Trinajstić information content (AvgIpc) is 2.33. The van der Waals surface area contributed by atoms with E-state index < -0.39 is 0 Å². The molecule has 0 aliphatic rings. The summed E-state index contributed by atoms with van der Waals surface area (Å²) in [5.74, 6) is 0.474. The molecule has 0 aromatic carbocycles. The Bertz CT molecular complexity index is 280. The molecule has 3 nitrogen and oxygen atoms in total. The SMILES string of the molecule is CC(C)Cc1sccc1[N+](=O)[O-]. The van der Waals surface area contributed by atoms with Gasteiger partial charge < -0.3 is 0 Å². The second-order valence-electron chi connectivity index (χ2n) is 3.08. The van der Waals surface area contributed by atoms with Crippen molar-refractivity contribution in [3.8, 4) is 0 Å². The monoisotopic (exact) mass is 185 g/mol. The van der Waals surface area contributed by atoms with Gasteiger partial charge in [-0.05, 0) is 17.7 Å². The molecule has 0 fully saturated rings. The summed E-state index contributed by atoms with van der Waals surface area (Å²) in [4.78, 5) is 11.0. The zero-order valence-corrected chi connectivity index (χ0v) is 7.93. The molecule has 0 amide bonds. The largest absolute Gasteiger partial charge is 0.283 e. The van der Waals surface area contributed by atoms with Crippen LogP contribution in [0, 0.1) is 16.0 Å². The van der Waals surface area contributed by atoms with Crippen LogP contribution in [0.3, 0.4) is 0 Å². The highest BCUT2D eigenvalue weighted by molar-refractivity contribution is 7.10. The van der Waals surface area contributed by atoms with Crippen LogP contribution in [0.1, 0.15) is 18.7 Å². The zero-order chi connectivity index (χ0) is 9.14. The smallest absolute Gasteiger partial charge is 0.258 e. The van der Waals surface area contributed by atoms with Gasteiger partial charge in [-0.3, -0.25) is 10.1 Å². The van der Waals surface area contributed by atoms with E-state index in [0.29, 0.717) is 5.92 Å². The van der Waals surface area contributed by atoms with Crippen LogP contribution < -0.4 is 0 Å². The van der Waals surface area contributed by atoms with Gasteiger partial charge in [-0.15, -0.1) is 11.3 Å². The van der Waals surface area contributed by atoms with E-state index >= 15 is 0 Å². The number of nitro groups is 1. The van der Waals surface area contributed by atoms with Gasteiger partial charge in [-0.2, -0.15) is 0 Å². The van der Waals surface area contributed by atoms with Crippen LogP contribution in [0.5, 0.6) is 0 Å². The molecule has 0 N–H and O–H groups in total. The van der Waals surface area contributed by atoms with Crippen molar-refractivity contribution in [3.05, 3.63) is 26.4 Å². The molecule has 1 rings (SSSR count). The summed E-state index contributed by atoms with van der Waals surface area (Å²) in [5.41, 5.74) is 0.272. The van der Waals surface area contributed by atoms with Crippen LogP contribution >= 0.6 is 11.3 Å². The molecule has 66 valence electrons. The first-order valence-electron chi connectivity index (χ1n) is 3.82. The summed E-state index contributed by atoms with van der Waals surface area (Å²) >= 11 is 1.46. The van der Waals surface area contributed by atoms with Crippen molar-refractivity contribution >= 4 is 17.0 Å². The van der Waals surface area contributed by atoms with Gasteiger partial charge in [0.2, 0.25) is 0 Å². The zero-order valence-electron chi connectivity index (χ0n) is 7.11. The van der Waals surface area contributed by atoms with Crippen molar-refractivity contribution in [2.24, 2.45) is 5.92 Å². The summed E-state index contributed by atoms with van der Waals surface area (Å²) in [6, 6.07) is 1.57. The van der Waals surface area contributed by atoms with Gasteiger partial charge in [0.1, 0.15) is 0 Å². The van der Waals surface area contributed by atoms with Gasteiger partial charge in [-0.1, -0.05) is 13.8 Å². The number of thiophene rings is 1. The van der Waals surface area contributed by atoms with Crippen LogP contribution in [0.2, 0.25) is 0 Å². The summed E-state index contributed by atoms with van der Waals surface area (Å²) in [5, 5.41) is 12.3. The first kappa shape index (κ1) is 9.19.